The van der Waals surface area contributed by atoms with Crippen molar-refractivity contribution in [2.24, 2.45) is 13.0 Å². The number of rotatable bonds is 7. The minimum absolute atomic E-state index is 0.0741. The highest BCUT2D eigenvalue weighted by Gasteiger charge is 2.15. The maximum absolute atomic E-state index is 12.8. The molecule has 6 nitrogen and oxygen atoms in total. The molecule has 0 unspecified atom stereocenters. The van der Waals surface area contributed by atoms with Gasteiger partial charge < -0.3 is 14.4 Å². The summed E-state index contributed by atoms with van der Waals surface area (Å²) in [6.45, 7) is 6.55. The van der Waals surface area contributed by atoms with Gasteiger partial charge >= 0.3 is 0 Å². The summed E-state index contributed by atoms with van der Waals surface area (Å²) in [5.41, 5.74) is 1.43. The number of nitrogens with zero attached hydrogens (tertiary/aromatic N) is 3. The van der Waals surface area contributed by atoms with Crippen LogP contribution in [0.3, 0.4) is 0 Å². The Morgan fingerprint density at radius 3 is 2.65 bits per heavy atom. The molecule has 1 atom stereocenters. The van der Waals surface area contributed by atoms with Crippen molar-refractivity contribution in [2.75, 3.05) is 33.4 Å². The highest BCUT2D eigenvalue weighted by Crippen LogP contribution is 2.23. The topological polar surface area (TPSA) is 56.6 Å². The normalized spacial score (nSPS) is 17.1. The number of benzene rings is 2. The fourth-order valence-corrected chi connectivity index (χ4v) is 4.30. The zero-order valence-electron chi connectivity index (χ0n) is 18.6. The molecular weight excluding hydrogens is 390 g/mol. The molecule has 1 saturated heterocycles. The van der Waals surface area contributed by atoms with Crippen LogP contribution in [-0.4, -0.2) is 47.8 Å². The third-order valence-corrected chi connectivity index (χ3v) is 6.03. The smallest absolute Gasteiger partial charge is 0.261 e. The van der Waals surface area contributed by atoms with E-state index < -0.39 is 0 Å². The molecule has 4 rings (SSSR count). The van der Waals surface area contributed by atoms with Crippen molar-refractivity contribution in [3.05, 3.63) is 52.8 Å². The molecule has 164 valence electrons. The molecule has 1 fully saturated rings. The van der Waals surface area contributed by atoms with Gasteiger partial charge in [-0.15, -0.1) is 0 Å². The SMILES string of the molecule is COc1ccc2c(=O)n(C)c(-c3ccc(OCCCN4CCC[C@H](C)C4)cc3)nc2c1. The van der Waals surface area contributed by atoms with Crippen LogP contribution in [0.25, 0.3) is 22.3 Å². The second-order valence-electron chi connectivity index (χ2n) is 8.46. The van der Waals surface area contributed by atoms with E-state index in [1.165, 1.54) is 25.9 Å². The lowest BCUT2D eigenvalue weighted by molar-refractivity contribution is 0.170. The van der Waals surface area contributed by atoms with Gasteiger partial charge in [0.2, 0.25) is 0 Å². The van der Waals surface area contributed by atoms with E-state index in [0.717, 1.165) is 30.2 Å². The number of ether oxygens (including phenoxy) is 2. The first-order valence-corrected chi connectivity index (χ1v) is 11.1. The fourth-order valence-electron chi connectivity index (χ4n) is 4.30. The van der Waals surface area contributed by atoms with E-state index in [1.807, 2.05) is 24.3 Å². The highest BCUT2D eigenvalue weighted by atomic mass is 16.5. The van der Waals surface area contributed by atoms with Crippen LogP contribution >= 0.6 is 0 Å². The Bertz CT molecular complexity index is 1090. The molecule has 0 aliphatic carbocycles. The molecule has 1 aromatic heterocycles. The Kier molecular flexibility index (Phi) is 6.56. The monoisotopic (exact) mass is 421 g/mol. The number of hydrogen-bond acceptors (Lipinski definition) is 5. The van der Waals surface area contributed by atoms with Gasteiger partial charge in [-0.3, -0.25) is 9.36 Å². The van der Waals surface area contributed by atoms with E-state index >= 15 is 0 Å². The van der Waals surface area contributed by atoms with Gasteiger partial charge in [0.05, 0.1) is 24.6 Å². The van der Waals surface area contributed by atoms with Crippen LogP contribution in [0.1, 0.15) is 26.2 Å². The molecule has 0 bridgehead atoms. The van der Waals surface area contributed by atoms with E-state index in [4.69, 9.17) is 14.5 Å². The first-order chi connectivity index (χ1) is 15.0. The predicted octanol–water partition coefficient (Wildman–Crippen LogP) is 4.11. The summed E-state index contributed by atoms with van der Waals surface area (Å²) in [7, 11) is 3.36. The quantitative estimate of drug-likeness (QED) is 0.538. The van der Waals surface area contributed by atoms with Crippen LogP contribution in [-0.2, 0) is 7.05 Å². The standard InChI is InChI=1S/C25H31N3O3/c1-18-6-4-13-28(17-18)14-5-15-31-20-9-7-19(8-10-20)24-26-23-16-21(30-3)11-12-22(23)25(29)27(24)2/h7-12,16,18H,4-6,13-15,17H2,1-3H3/t18-/m0/s1. The van der Waals surface area contributed by atoms with Crippen molar-refractivity contribution < 1.29 is 9.47 Å². The number of likely N-dealkylation sites (tertiary alicyclic amines) is 1. The first kappa shape index (κ1) is 21.4. The molecule has 2 heterocycles. The number of hydrogen-bond donors (Lipinski definition) is 0. The summed E-state index contributed by atoms with van der Waals surface area (Å²) in [6, 6.07) is 13.1. The van der Waals surface area contributed by atoms with Gasteiger partial charge in [0.15, 0.2) is 0 Å². The van der Waals surface area contributed by atoms with Crippen molar-refractivity contribution in [1.82, 2.24) is 14.5 Å². The predicted molar refractivity (Wildman–Crippen MR) is 124 cm³/mol. The van der Waals surface area contributed by atoms with Crippen LogP contribution in [0.4, 0.5) is 0 Å². The minimum atomic E-state index is -0.0741. The molecule has 0 amide bonds. The van der Waals surface area contributed by atoms with E-state index in [2.05, 4.69) is 11.8 Å². The molecule has 31 heavy (non-hydrogen) atoms. The maximum atomic E-state index is 12.8. The molecule has 0 radical (unpaired) electrons. The summed E-state index contributed by atoms with van der Waals surface area (Å²) < 4.78 is 12.8. The molecule has 0 spiro atoms. The average Bonchev–Trinajstić information content (AvgIpc) is 2.79. The Morgan fingerprint density at radius 1 is 1.13 bits per heavy atom. The average molecular weight is 422 g/mol. The summed E-state index contributed by atoms with van der Waals surface area (Å²) in [4.78, 5) is 20.0. The number of aromatic nitrogens is 2. The van der Waals surface area contributed by atoms with Gasteiger partial charge in [-0.1, -0.05) is 6.92 Å². The number of piperidine rings is 1. The Hall–Kier alpha value is -2.86. The van der Waals surface area contributed by atoms with Gasteiger partial charge in [-0.25, -0.2) is 4.98 Å². The summed E-state index contributed by atoms with van der Waals surface area (Å²) >= 11 is 0. The number of methoxy groups -OCH3 is 1. The molecule has 1 aliphatic rings. The summed E-state index contributed by atoms with van der Waals surface area (Å²) in [5.74, 6) is 2.95. The van der Waals surface area contributed by atoms with E-state index in [1.54, 1.807) is 36.9 Å². The fraction of sp³-hybridized carbons (Fsp3) is 0.440. The van der Waals surface area contributed by atoms with Crippen LogP contribution in [0.15, 0.2) is 47.3 Å². The second kappa shape index (κ2) is 9.52. The lowest BCUT2D eigenvalue weighted by atomic mass is 10.0. The summed E-state index contributed by atoms with van der Waals surface area (Å²) in [5, 5.41) is 0.579. The van der Waals surface area contributed by atoms with Gasteiger partial charge in [0.1, 0.15) is 17.3 Å². The molecule has 0 N–H and O–H groups in total. The Labute approximate surface area is 183 Å². The molecule has 1 aliphatic heterocycles. The zero-order valence-corrected chi connectivity index (χ0v) is 18.6. The lowest BCUT2D eigenvalue weighted by Gasteiger charge is -2.30. The maximum Gasteiger partial charge on any atom is 0.261 e. The van der Waals surface area contributed by atoms with Crippen molar-refractivity contribution in [1.29, 1.82) is 0 Å². The van der Waals surface area contributed by atoms with Crippen molar-refractivity contribution >= 4 is 10.9 Å². The van der Waals surface area contributed by atoms with Gasteiger partial charge in [-0.2, -0.15) is 0 Å². The van der Waals surface area contributed by atoms with E-state index in [0.29, 0.717) is 29.1 Å². The van der Waals surface area contributed by atoms with Gasteiger partial charge in [-0.05, 0) is 68.1 Å². The third-order valence-electron chi connectivity index (χ3n) is 6.03. The minimum Gasteiger partial charge on any atom is -0.497 e. The second-order valence-corrected chi connectivity index (χ2v) is 8.46. The summed E-state index contributed by atoms with van der Waals surface area (Å²) in [6.07, 6.45) is 3.68. The Morgan fingerprint density at radius 2 is 1.90 bits per heavy atom. The van der Waals surface area contributed by atoms with Gasteiger partial charge in [0.25, 0.3) is 5.56 Å². The molecule has 2 aromatic carbocycles. The largest absolute Gasteiger partial charge is 0.497 e. The molecular formula is C25H31N3O3. The van der Waals surface area contributed by atoms with Crippen LogP contribution in [0.2, 0.25) is 0 Å². The zero-order chi connectivity index (χ0) is 21.8. The van der Waals surface area contributed by atoms with Crippen LogP contribution < -0.4 is 15.0 Å². The lowest BCUT2D eigenvalue weighted by Crippen LogP contribution is -2.35. The molecule has 0 saturated carbocycles. The number of fused-ring (bicyclic) bond motifs is 1. The van der Waals surface area contributed by atoms with E-state index in [9.17, 15) is 4.79 Å². The van der Waals surface area contributed by atoms with Gasteiger partial charge in [0, 0.05) is 31.8 Å². The van der Waals surface area contributed by atoms with Crippen molar-refractivity contribution in [3.63, 3.8) is 0 Å². The molecule has 6 heteroatoms. The first-order valence-electron chi connectivity index (χ1n) is 11.1. The third kappa shape index (κ3) is 4.90. The van der Waals surface area contributed by atoms with Crippen molar-refractivity contribution in [3.8, 4) is 22.9 Å². The van der Waals surface area contributed by atoms with Crippen LogP contribution in [0.5, 0.6) is 11.5 Å². The van der Waals surface area contributed by atoms with E-state index in [-0.39, 0.29) is 5.56 Å². The highest BCUT2D eigenvalue weighted by molar-refractivity contribution is 5.81. The Balaban J connectivity index is 1.42. The van der Waals surface area contributed by atoms with Crippen LogP contribution in [0, 0.1) is 5.92 Å². The van der Waals surface area contributed by atoms with Crippen molar-refractivity contribution in [2.45, 2.75) is 26.2 Å². The molecule has 3 aromatic rings.